The quantitative estimate of drug-likeness (QED) is 0.781. The topological polar surface area (TPSA) is 80.9 Å². The first-order valence-corrected chi connectivity index (χ1v) is 5.20. The molecule has 1 rings (SSSR count). The van der Waals surface area contributed by atoms with Crippen LogP contribution in [-0.2, 0) is 6.54 Å². The van der Waals surface area contributed by atoms with Crippen LogP contribution in [0.3, 0.4) is 0 Å². The summed E-state index contributed by atoms with van der Waals surface area (Å²) in [6.07, 6.45) is -3.60. The Kier molecular flexibility index (Phi) is 3.95. The van der Waals surface area contributed by atoms with Crippen molar-refractivity contribution < 1.29 is 13.2 Å². The zero-order chi connectivity index (χ0) is 14.1. The van der Waals surface area contributed by atoms with E-state index in [1.165, 1.54) is 6.92 Å². The minimum Gasteiger partial charge on any atom is -0.393 e. The summed E-state index contributed by atoms with van der Waals surface area (Å²) in [5, 5.41) is 0. The first-order chi connectivity index (χ1) is 8.12. The zero-order valence-electron chi connectivity index (χ0n) is 9.25. The number of thiocarbonyl (C=S) groups is 1. The van der Waals surface area contributed by atoms with Gasteiger partial charge in [0.25, 0.3) is 5.56 Å². The van der Waals surface area contributed by atoms with Crippen molar-refractivity contribution in [2.24, 2.45) is 11.7 Å². The number of hydrogen-bond donors (Lipinski definition) is 2. The van der Waals surface area contributed by atoms with E-state index in [1.54, 1.807) is 0 Å². The van der Waals surface area contributed by atoms with Gasteiger partial charge in [-0.3, -0.25) is 14.3 Å². The van der Waals surface area contributed by atoms with Gasteiger partial charge >= 0.3 is 11.9 Å². The number of H-pyrrole nitrogens is 1. The lowest BCUT2D eigenvalue weighted by atomic mass is 10.1. The van der Waals surface area contributed by atoms with Crippen molar-refractivity contribution in [3.05, 3.63) is 32.6 Å². The molecule has 0 amide bonds. The third-order valence-electron chi connectivity index (χ3n) is 2.31. The van der Waals surface area contributed by atoms with Crippen molar-refractivity contribution in [1.29, 1.82) is 0 Å². The highest BCUT2D eigenvalue weighted by Gasteiger charge is 2.42. The van der Waals surface area contributed by atoms with Gasteiger partial charge in [0.2, 0.25) is 0 Å². The average molecular weight is 281 g/mol. The molecular formula is C9H10F3N3O2S. The summed E-state index contributed by atoms with van der Waals surface area (Å²) in [6, 6.07) is 0. The molecule has 1 aromatic rings. The molecule has 1 heterocycles. The summed E-state index contributed by atoms with van der Waals surface area (Å²) in [4.78, 5) is 23.6. The minimum atomic E-state index is -4.64. The second-order valence-electron chi connectivity index (χ2n) is 3.72. The van der Waals surface area contributed by atoms with Gasteiger partial charge in [-0.2, -0.15) is 13.2 Å². The smallest absolute Gasteiger partial charge is 0.393 e. The van der Waals surface area contributed by atoms with Crippen molar-refractivity contribution >= 4 is 17.2 Å². The molecule has 0 aliphatic rings. The molecule has 0 saturated carbocycles. The number of rotatable bonds is 3. The molecule has 9 heteroatoms. The largest absolute Gasteiger partial charge is 0.399 e. The SMILES string of the molecule is Cc1cn(CC(C(N)=S)C(F)(F)F)c(=O)[nH]c1=O. The molecule has 1 atom stereocenters. The number of nitrogens with two attached hydrogens (primary N) is 1. The summed E-state index contributed by atoms with van der Waals surface area (Å²) in [5.41, 5.74) is 3.56. The molecule has 1 aromatic heterocycles. The third-order valence-corrected chi connectivity index (χ3v) is 2.59. The Balaban J connectivity index is 3.17. The van der Waals surface area contributed by atoms with Crippen LogP contribution in [0.2, 0.25) is 0 Å². The normalized spacial score (nSPS) is 13.3. The van der Waals surface area contributed by atoms with Crippen molar-refractivity contribution in [3.63, 3.8) is 0 Å². The van der Waals surface area contributed by atoms with Gasteiger partial charge in [-0.05, 0) is 6.92 Å². The van der Waals surface area contributed by atoms with Gasteiger partial charge in [0, 0.05) is 18.3 Å². The Morgan fingerprint density at radius 3 is 2.56 bits per heavy atom. The highest BCUT2D eigenvalue weighted by atomic mass is 32.1. The number of hydrogen-bond acceptors (Lipinski definition) is 3. The van der Waals surface area contributed by atoms with Crippen LogP contribution >= 0.6 is 12.2 Å². The van der Waals surface area contributed by atoms with Crippen LogP contribution in [0.15, 0.2) is 15.8 Å². The Morgan fingerprint density at radius 2 is 2.11 bits per heavy atom. The number of alkyl halides is 3. The number of aryl methyl sites for hydroxylation is 1. The van der Waals surface area contributed by atoms with Gasteiger partial charge in [0.05, 0.1) is 4.99 Å². The number of nitrogens with zero attached hydrogens (tertiary/aromatic N) is 1. The fourth-order valence-corrected chi connectivity index (χ4v) is 1.51. The molecule has 5 nitrogen and oxygen atoms in total. The van der Waals surface area contributed by atoms with Crippen LogP contribution in [0.25, 0.3) is 0 Å². The second kappa shape index (κ2) is 4.92. The van der Waals surface area contributed by atoms with Gasteiger partial charge in [-0.25, -0.2) is 4.79 Å². The van der Waals surface area contributed by atoms with Crippen LogP contribution in [0.1, 0.15) is 5.56 Å². The maximum atomic E-state index is 12.6. The first kappa shape index (κ1) is 14.4. The number of halogens is 3. The molecule has 1 unspecified atom stereocenters. The summed E-state index contributed by atoms with van der Waals surface area (Å²) in [7, 11) is 0. The van der Waals surface area contributed by atoms with Crippen molar-refractivity contribution in [3.8, 4) is 0 Å². The Labute approximate surface area is 104 Å². The van der Waals surface area contributed by atoms with Crippen molar-refractivity contribution in [1.82, 2.24) is 9.55 Å². The molecule has 0 aliphatic heterocycles. The zero-order valence-corrected chi connectivity index (χ0v) is 10.1. The molecule has 0 saturated heterocycles. The molecule has 3 N–H and O–H groups in total. The lowest BCUT2D eigenvalue weighted by molar-refractivity contribution is -0.158. The van der Waals surface area contributed by atoms with E-state index in [1.807, 2.05) is 4.98 Å². The summed E-state index contributed by atoms with van der Waals surface area (Å²) < 4.78 is 38.6. The van der Waals surface area contributed by atoms with Crippen LogP contribution in [0.5, 0.6) is 0 Å². The number of aromatic amines is 1. The van der Waals surface area contributed by atoms with E-state index >= 15 is 0 Å². The molecule has 0 spiro atoms. The Hall–Kier alpha value is -1.64. The van der Waals surface area contributed by atoms with E-state index in [9.17, 15) is 22.8 Å². The van der Waals surface area contributed by atoms with Gasteiger partial charge in [-0.1, -0.05) is 12.2 Å². The lowest BCUT2D eigenvalue weighted by Crippen LogP contribution is -2.41. The van der Waals surface area contributed by atoms with E-state index in [4.69, 9.17) is 5.73 Å². The van der Waals surface area contributed by atoms with Crippen LogP contribution in [0.4, 0.5) is 13.2 Å². The predicted octanol–water partition coefficient (Wildman–Crippen LogP) is 0.310. The minimum absolute atomic E-state index is 0.124. The molecule has 0 fully saturated rings. The molecular weight excluding hydrogens is 271 g/mol. The molecule has 0 aliphatic carbocycles. The van der Waals surface area contributed by atoms with Crippen LogP contribution < -0.4 is 17.0 Å². The van der Waals surface area contributed by atoms with Crippen LogP contribution in [0, 0.1) is 12.8 Å². The van der Waals surface area contributed by atoms with Crippen molar-refractivity contribution in [2.75, 3.05) is 0 Å². The van der Waals surface area contributed by atoms with Gasteiger partial charge < -0.3 is 5.73 Å². The average Bonchev–Trinajstić information content (AvgIpc) is 2.19. The van der Waals surface area contributed by atoms with Gasteiger partial charge in [-0.15, -0.1) is 0 Å². The summed E-state index contributed by atoms with van der Waals surface area (Å²) in [5.74, 6) is -2.12. The fourth-order valence-electron chi connectivity index (χ4n) is 1.31. The molecule has 0 aromatic carbocycles. The molecule has 100 valence electrons. The van der Waals surface area contributed by atoms with E-state index in [0.717, 1.165) is 10.8 Å². The Morgan fingerprint density at radius 1 is 1.56 bits per heavy atom. The maximum absolute atomic E-state index is 12.6. The molecule has 0 bridgehead atoms. The van der Waals surface area contributed by atoms with E-state index in [2.05, 4.69) is 12.2 Å². The van der Waals surface area contributed by atoms with E-state index < -0.39 is 34.9 Å². The third kappa shape index (κ3) is 3.19. The molecule has 0 radical (unpaired) electrons. The predicted molar refractivity (Wildman–Crippen MR) is 62.4 cm³/mol. The molecule has 18 heavy (non-hydrogen) atoms. The van der Waals surface area contributed by atoms with Gasteiger partial charge in [0.1, 0.15) is 5.92 Å². The second-order valence-corrected chi connectivity index (χ2v) is 4.19. The van der Waals surface area contributed by atoms with Crippen molar-refractivity contribution in [2.45, 2.75) is 19.6 Å². The lowest BCUT2D eigenvalue weighted by Gasteiger charge is -2.19. The van der Waals surface area contributed by atoms with Crippen LogP contribution in [-0.4, -0.2) is 20.7 Å². The first-order valence-electron chi connectivity index (χ1n) is 4.79. The monoisotopic (exact) mass is 281 g/mol. The number of aromatic nitrogens is 2. The standard InChI is InChI=1S/C9H10F3N3O2S/c1-4-2-15(8(17)14-7(4)16)3-5(6(13)18)9(10,11)12/h2,5H,3H2,1H3,(H2,13,18)(H,14,16,17). The maximum Gasteiger partial charge on any atom is 0.399 e. The van der Waals surface area contributed by atoms with E-state index in [-0.39, 0.29) is 5.56 Å². The highest BCUT2D eigenvalue weighted by molar-refractivity contribution is 7.80. The highest BCUT2D eigenvalue weighted by Crippen LogP contribution is 2.27. The van der Waals surface area contributed by atoms with E-state index in [0.29, 0.717) is 0 Å². The fraction of sp³-hybridized carbons (Fsp3) is 0.444. The summed E-state index contributed by atoms with van der Waals surface area (Å²) >= 11 is 4.34. The number of nitrogens with one attached hydrogen (secondary N) is 1. The Bertz CT molecular complexity index is 576. The summed E-state index contributed by atoms with van der Waals surface area (Å²) in [6.45, 7) is 0.618. The van der Waals surface area contributed by atoms with Gasteiger partial charge in [0.15, 0.2) is 0 Å².